The van der Waals surface area contributed by atoms with Crippen molar-refractivity contribution >= 4 is 11.9 Å². The highest BCUT2D eigenvalue weighted by Crippen LogP contribution is 2.45. The lowest BCUT2D eigenvalue weighted by Crippen LogP contribution is -2.54. The van der Waals surface area contributed by atoms with Gasteiger partial charge in [-0.1, -0.05) is 0 Å². The van der Waals surface area contributed by atoms with Gasteiger partial charge in [0.05, 0.1) is 6.54 Å². The predicted octanol–water partition coefficient (Wildman–Crippen LogP) is 0.462. The molecule has 1 unspecified atom stereocenters. The first-order chi connectivity index (χ1) is 11.1. The van der Waals surface area contributed by atoms with Crippen molar-refractivity contribution in [3.05, 3.63) is 18.5 Å². The third-order valence-corrected chi connectivity index (χ3v) is 5.44. The number of rotatable bonds is 4. The van der Waals surface area contributed by atoms with E-state index in [-0.39, 0.29) is 24.5 Å². The van der Waals surface area contributed by atoms with Gasteiger partial charge in [-0.25, -0.2) is 9.97 Å². The maximum absolute atomic E-state index is 10.9. The van der Waals surface area contributed by atoms with Gasteiger partial charge in [0.25, 0.3) is 0 Å². The highest BCUT2D eigenvalue weighted by molar-refractivity contribution is 5.69. The van der Waals surface area contributed by atoms with Gasteiger partial charge in [-0.05, 0) is 37.3 Å². The van der Waals surface area contributed by atoms with E-state index >= 15 is 0 Å². The maximum Gasteiger partial charge on any atom is 0.317 e. The zero-order valence-corrected chi connectivity index (χ0v) is 13.3. The zero-order chi connectivity index (χ0) is 16.3. The van der Waals surface area contributed by atoms with E-state index in [2.05, 4.69) is 14.9 Å². The Morgan fingerprint density at radius 3 is 2.48 bits per heavy atom. The summed E-state index contributed by atoms with van der Waals surface area (Å²) in [6.07, 6.45) is 6.46. The van der Waals surface area contributed by atoms with Crippen molar-refractivity contribution in [2.45, 2.75) is 19.3 Å². The maximum atomic E-state index is 10.9. The van der Waals surface area contributed by atoms with Crippen LogP contribution < -0.4 is 4.90 Å². The first kappa shape index (κ1) is 16.1. The number of aromatic nitrogens is 2. The van der Waals surface area contributed by atoms with E-state index in [4.69, 9.17) is 5.11 Å². The summed E-state index contributed by atoms with van der Waals surface area (Å²) in [6.45, 7) is 3.43. The fourth-order valence-electron chi connectivity index (χ4n) is 4.03. The number of carbonyl (C=O) groups is 1. The molecule has 2 aliphatic heterocycles. The second-order valence-corrected chi connectivity index (χ2v) is 6.66. The smallest absolute Gasteiger partial charge is 0.317 e. The van der Waals surface area contributed by atoms with E-state index in [0.29, 0.717) is 6.54 Å². The van der Waals surface area contributed by atoms with E-state index in [1.54, 1.807) is 12.4 Å². The molecule has 0 saturated carbocycles. The summed E-state index contributed by atoms with van der Waals surface area (Å²) < 4.78 is 0. The van der Waals surface area contributed by atoms with Crippen molar-refractivity contribution in [3.63, 3.8) is 0 Å². The second kappa shape index (κ2) is 6.80. The van der Waals surface area contributed by atoms with Crippen LogP contribution in [0.2, 0.25) is 0 Å². The summed E-state index contributed by atoms with van der Waals surface area (Å²) in [6, 6.07) is 1.81. The summed E-state index contributed by atoms with van der Waals surface area (Å²) in [4.78, 5) is 23.7. The summed E-state index contributed by atoms with van der Waals surface area (Å²) in [5.74, 6) is 0.120. The van der Waals surface area contributed by atoms with Gasteiger partial charge in [0, 0.05) is 44.6 Å². The average Bonchev–Trinajstić information content (AvgIpc) is 2.58. The highest BCUT2D eigenvalue weighted by atomic mass is 16.4. The molecule has 3 rings (SSSR count). The second-order valence-electron chi connectivity index (χ2n) is 6.66. The van der Waals surface area contributed by atoms with Crippen LogP contribution in [0.4, 0.5) is 5.95 Å². The van der Waals surface area contributed by atoms with Crippen molar-refractivity contribution in [2.75, 3.05) is 44.2 Å². The van der Waals surface area contributed by atoms with E-state index in [9.17, 15) is 9.90 Å². The molecule has 1 atom stereocenters. The molecular formula is C16H24N4O3. The Balaban J connectivity index is 1.63. The van der Waals surface area contributed by atoms with Crippen LogP contribution in [-0.2, 0) is 4.79 Å². The Labute approximate surface area is 136 Å². The fourth-order valence-corrected chi connectivity index (χ4v) is 4.03. The molecule has 0 radical (unpaired) electrons. The Morgan fingerprint density at radius 2 is 1.87 bits per heavy atom. The molecule has 1 aromatic rings. The average molecular weight is 320 g/mol. The molecule has 126 valence electrons. The standard InChI is InChI=1S/C16H24N4O3/c21-12-13-10-19(11-14(22)23)7-2-16(13)3-8-20(9-4-16)15-17-5-1-6-18-15/h1,5-6,13,21H,2-4,7-12H2,(H,22,23). The molecule has 0 aliphatic carbocycles. The number of aliphatic hydroxyl groups is 1. The van der Waals surface area contributed by atoms with Crippen LogP contribution in [0, 0.1) is 11.3 Å². The van der Waals surface area contributed by atoms with Crippen LogP contribution in [0.1, 0.15) is 19.3 Å². The lowest BCUT2D eigenvalue weighted by Gasteiger charge is -2.51. The minimum Gasteiger partial charge on any atom is -0.480 e. The Kier molecular flexibility index (Phi) is 4.77. The Hall–Kier alpha value is -1.73. The van der Waals surface area contributed by atoms with Crippen LogP contribution in [0.15, 0.2) is 18.5 Å². The normalized spacial score (nSPS) is 24.7. The number of hydrogen-bond acceptors (Lipinski definition) is 6. The van der Waals surface area contributed by atoms with Gasteiger partial charge in [0.2, 0.25) is 5.95 Å². The monoisotopic (exact) mass is 320 g/mol. The van der Waals surface area contributed by atoms with Crippen LogP contribution in [0.3, 0.4) is 0 Å². The van der Waals surface area contributed by atoms with E-state index in [1.165, 1.54) is 0 Å². The first-order valence-electron chi connectivity index (χ1n) is 8.20. The minimum absolute atomic E-state index is 0.0660. The fraction of sp³-hybridized carbons (Fsp3) is 0.688. The first-order valence-corrected chi connectivity index (χ1v) is 8.20. The van der Waals surface area contributed by atoms with Crippen molar-refractivity contribution in [3.8, 4) is 0 Å². The summed E-state index contributed by atoms with van der Waals surface area (Å²) >= 11 is 0. The van der Waals surface area contributed by atoms with Gasteiger partial charge >= 0.3 is 5.97 Å². The molecule has 0 bridgehead atoms. The van der Waals surface area contributed by atoms with E-state index < -0.39 is 5.97 Å². The van der Waals surface area contributed by atoms with Gasteiger partial charge in [0.15, 0.2) is 0 Å². The summed E-state index contributed by atoms with van der Waals surface area (Å²) in [7, 11) is 0. The number of piperidine rings is 2. The molecule has 1 aromatic heterocycles. The highest BCUT2D eigenvalue weighted by Gasteiger charge is 2.44. The number of nitrogens with zero attached hydrogens (tertiary/aromatic N) is 4. The molecule has 23 heavy (non-hydrogen) atoms. The predicted molar refractivity (Wildman–Crippen MR) is 85.2 cm³/mol. The van der Waals surface area contributed by atoms with Gasteiger partial charge in [-0.15, -0.1) is 0 Å². The van der Waals surface area contributed by atoms with Gasteiger partial charge in [0.1, 0.15) is 0 Å². The molecule has 7 nitrogen and oxygen atoms in total. The number of aliphatic hydroxyl groups excluding tert-OH is 1. The number of likely N-dealkylation sites (tertiary alicyclic amines) is 1. The SMILES string of the molecule is O=C(O)CN1CCC2(CCN(c3ncccn3)CC2)C(CO)C1. The van der Waals surface area contributed by atoms with Crippen LogP contribution in [0.5, 0.6) is 0 Å². The molecule has 2 N–H and O–H groups in total. The van der Waals surface area contributed by atoms with Gasteiger partial charge in [-0.3, -0.25) is 9.69 Å². The van der Waals surface area contributed by atoms with Crippen molar-refractivity contribution in [1.82, 2.24) is 14.9 Å². The molecule has 1 spiro atoms. The summed E-state index contributed by atoms with van der Waals surface area (Å²) in [5.41, 5.74) is 0.120. The minimum atomic E-state index is -0.798. The lowest BCUT2D eigenvalue weighted by atomic mass is 9.64. The van der Waals surface area contributed by atoms with Crippen LogP contribution in [-0.4, -0.2) is 70.4 Å². The number of aliphatic carboxylic acids is 1. The zero-order valence-electron chi connectivity index (χ0n) is 13.3. The molecule has 2 saturated heterocycles. The van der Waals surface area contributed by atoms with E-state index in [0.717, 1.165) is 44.8 Å². The molecule has 2 aliphatic rings. The van der Waals surface area contributed by atoms with E-state index in [1.807, 2.05) is 11.0 Å². The van der Waals surface area contributed by atoms with Crippen molar-refractivity contribution in [1.29, 1.82) is 0 Å². The molecule has 3 heterocycles. The summed E-state index contributed by atoms with van der Waals surface area (Å²) in [5, 5.41) is 18.8. The van der Waals surface area contributed by atoms with Crippen LogP contribution in [0.25, 0.3) is 0 Å². The molecule has 0 aromatic carbocycles. The van der Waals surface area contributed by atoms with Gasteiger partial charge in [-0.2, -0.15) is 0 Å². The molecule has 7 heteroatoms. The molecule has 0 amide bonds. The topological polar surface area (TPSA) is 89.8 Å². The number of hydrogen-bond donors (Lipinski definition) is 2. The Bertz CT molecular complexity index is 531. The number of anilines is 1. The largest absolute Gasteiger partial charge is 0.480 e. The third-order valence-electron chi connectivity index (χ3n) is 5.44. The quantitative estimate of drug-likeness (QED) is 0.833. The Morgan fingerprint density at radius 1 is 1.22 bits per heavy atom. The third kappa shape index (κ3) is 3.45. The van der Waals surface area contributed by atoms with Gasteiger partial charge < -0.3 is 15.1 Å². The van der Waals surface area contributed by atoms with Crippen molar-refractivity contribution in [2.24, 2.45) is 11.3 Å². The molecule has 2 fully saturated rings. The lowest BCUT2D eigenvalue weighted by molar-refractivity contribution is -0.140. The van der Waals surface area contributed by atoms with Crippen LogP contribution >= 0.6 is 0 Å². The number of carboxylic acid groups (broad SMARTS) is 1. The number of carboxylic acids is 1. The molecular weight excluding hydrogens is 296 g/mol. The van der Waals surface area contributed by atoms with Crippen molar-refractivity contribution < 1.29 is 15.0 Å².